The van der Waals surface area contributed by atoms with Crippen LogP contribution in [0, 0.1) is 5.92 Å². The minimum absolute atomic E-state index is 0. The lowest BCUT2D eigenvalue weighted by atomic mass is 9.92. The summed E-state index contributed by atoms with van der Waals surface area (Å²) < 4.78 is 9.91. The van der Waals surface area contributed by atoms with Crippen molar-refractivity contribution in [1.82, 2.24) is 5.32 Å². The molecular formula is C9H18ClNO3. The Labute approximate surface area is 90.7 Å². The number of nitrogens with one attached hydrogen (secondary N) is 1. The number of carbonyl (C=O) groups excluding carboxylic acids is 1. The van der Waals surface area contributed by atoms with Crippen molar-refractivity contribution < 1.29 is 14.3 Å². The molecule has 1 N–H and O–H groups in total. The van der Waals surface area contributed by atoms with Crippen molar-refractivity contribution >= 4 is 18.4 Å². The topological polar surface area (TPSA) is 47.6 Å². The number of ether oxygens (including phenoxy) is 2. The lowest BCUT2D eigenvalue weighted by Crippen LogP contribution is -2.42. The van der Waals surface area contributed by atoms with Crippen molar-refractivity contribution in [2.75, 3.05) is 27.3 Å². The van der Waals surface area contributed by atoms with Gasteiger partial charge in [0, 0.05) is 13.7 Å². The monoisotopic (exact) mass is 223 g/mol. The average Bonchev–Trinajstić information content (AvgIpc) is 2.18. The highest BCUT2D eigenvalue weighted by Gasteiger charge is 2.26. The number of carbonyl (C=O) groups is 1. The highest BCUT2D eigenvalue weighted by molar-refractivity contribution is 5.85. The van der Waals surface area contributed by atoms with Gasteiger partial charge in [-0.25, -0.2) is 0 Å². The molecule has 0 amide bonds. The largest absolute Gasteiger partial charge is 0.469 e. The van der Waals surface area contributed by atoms with Gasteiger partial charge in [0.15, 0.2) is 0 Å². The lowest BCUT2D eigenvalue weighted by molar-refractivity contribution is -0.143. The molecule has 1 rings (SSSR count). The Bertz CT molecular complexity index is 177. The van der Waals surface area contributed by atoms with Gasteiger partial charge in [-0.15, -0.1) is 12.4 Å². The molecule has 0 unspecified atom stereocenters. The second-order valence-corrected chi connectivity index (χ2v) is 3.31. The average molecular weight is 224 g/mol. The number of hydrogen-bond acceptors (Lipinski definition) is 4. The zero-order valence-corrected chi connectivity index (χ0v) is 9.43. The van der Waals surface area contributed by atoms with Gasteiger partial charge in [0.1, 0.15) is 0 Å². The third kappa shape index (κ3) is 3.82. The molecule has 1 saturated heterocycles. The summed E-state index contributed by atoms with van der Waals surface area (Å²) in [5, 5.41) is 3.23. The van der Waals surface area contributed by atoms with Crippen molar-refractivity contribution in [2.24, 2.45) is 5.92 Å². The highest BCUT2D eigenvalue weighted by atomic mass is 35.5. The van der Waals surface area contributed by atoms with Gasteiger partial charge in [0.2, 0.25) is 0 Å². The second kappa shape index (κ2) is 7.04. The van der Waals surface area contributed by atoms with Crippen LogP contribution in [-0.2, 0) is 14.3 Å². The van der Waals surface area contributed by atoms with Gasteiger partial charge in [-0.2, -0.15) is 0 Å². The molecule has 0 radical (unpaired) electrons. The number of rotatable bonds is 3. The Morgan fingerprint density at radius 2 is 2.21 bits per heavy atom. The molecule has 4 nitrogen and oxygen atoms in total. The summed E-state index contributed by atoms with van der Waals surface area (Å²) in [5.41, 5.74) is 0. The minimum Gasteiger partial charge on any atom is -0.469 e. The summed E-state index contributed by atoms with van der Waals surface area (Å²) in [6, 6.07) is 0. The number of methoxy groups -OCH3 is 2. The molecule has 1 fully saturated rings. The Hall–Kier alpha value is -0.320. The van der Waals surface area contributed by atoms with Crippen LogP contribution in [0.2, 0.25) is 0 Å². The van der Waals surface area contributed by atoms with Gasteiger partial charge in [-0.1, -0.05) is 0 Å². The van der Waals surface area contributed by atoms with Gasteiger partial charge in [0.05, 0.1) is 19.6 Å². The molecule has 0 aromatic rings. The molecule has 0 bridgehead atoms. The summed E-state index contributed by atoms with van der Waals surface area (Å²) >= 11 is 0. The fourth-order valence-electron chi connectivity index (χ4n) is 1.69. The van der Waals surface area contributed by atoms with Crippen molar-refractivity contribution in [3.8, 4) is 0 Å². The molecular weight excluding hydrogens is 206 g/mol. The summed E-state index contributed by atoms with van der Waals surface area (Å²) in [4.78, 5) is 11.0. The van der Waals surface area contributed by atoms with Gasteiger partial charge in [0.25, 0.3) is 0 Å². The van der Waals surface area contributed by atoms with Gasteiger partial charge < -0.3 is 14.8 Å². The Balaban J connectivity index is 0.00000169. The van der Waals surface area contributed by atoms with E-state index in [9.17, 15) is 4.79 Å². The molecule has 14 heavy (non-hydrogen) atoms. The molecule has 1 heterocycles. The molecule has 0 aromatic heterocycles. The van der Waals surface area contributed by atoms with Crippen LogP contribution in [0.1, 0.15) is 12.8 Å². The van der Waals surface area contributed by atoms with E-state index >= 15 is 0 Å². The summed E-state index contributed by atoms with van der Waals surface area (Å²) in [6.45, 7) is 1.79. The van der Waals surface area contributed by atoms with E-state index in [0.717, 1.165) is 19.5 Å². The van der Waals surface area contributed by atoms with Crippen molar-refractivity contribution in [1.29, 1.82) is 0 Å². The number of halogens is 1. The number of piperidine rings is 1. The second-order valence-electron chi connectivity index (χ2n) is 3.31. The molecule has 84 valence electrons. The maximum absolute atomic E-state index is 11.0. The van der Waals surface area contributed by atoms with E-state index in [2.05, 4.69) is 10.1 Å². The quantitative estimate of drug-likeness (QED) is 0.712. The Morgan fingerprint density at radius 1 is 1.50 bits per heavy atom. The maximum Gasteiger partial charge on any atom is 0.305 e. The van der Waals surface area contributed by atoms with E-state index in [1.165, 1.54) is 7.11 Å². The van der Waals surface area contributed by atoms with Crippen molar-refractivity contribution in [2.45, 2.75) is 18.9 Å². The molecule has 2 atom stereocenters. The molecule has 0 spiro atoms. The molecule has 5 heteroatoms. The molecule has 0 aliphatic carbocycles. The standard InChI is InChI=1S/C9H17NO3.ClH/c1-12-8-6-10-4-3-7(8)5-9(11)13-2;/h7-8,10H,3-6H2,1-2H3;1H/t7-,8+;/m1./s1. The first-order chi connectivity index (χ1) is 6.27. The SMILES string of the molecule is COC(=O)C[C@H]1CCNC[C@@H]1OC.Cl. The van der Waals surface area contributed by atoms with Crippen molar-refractivity contribution in [3.05, 3.63) is 0 Å². The zero-order valence-electron chi connectivity index (χ0n) is 8.62. The zero-order chi connectivity index (χ0) is 9.68. The predicted molar refractivity (Wildman–Crippen MR) is 55.7 cm³/mol. The summed E-state index contributed by atoms with van der Waals surface area (Å²) in [5.74, 6) is 0.160. The van der Waals surface area contributed by atoms with Crippen LogP contribution in [0.15, 0.2) is 0 Å². The van der Waals surface area contributed by atoms with Crippen LogP contribution < -0.4 is 5.32 Å². The fraction of sp³-hybridized carbons (Fsp3) is 0.889. The van der Waals surface area contributed by atoms with E-state index in [0.29, 0.717) is 12.3 Å². The number of hydrogen-bond donors (Lipinski definition) is 1. The first-order valence-corrected chi connectivity index (χ1v) is 4.58. The van der Waals surface area contributed by atoms with E-state index in [1.54, 1.807) is 7.11 Å². The van der Waals surface area contributed by atoms with Crippen LogP contribution in [-0.4, -0.2) is 39.4 Å². The first kappa shape index (κ1) is 13.7. The van der Waals surface area contributed by atoms with Crippen LogP contribution >= 0.6 is 12.4 Å². The van der Waals surface area contributed by atoms with E-state index < -0.39 is 0 Å². The van der Waals surface area contributed by atoms with E-state index in [4.69, 9.17) is 4.74 Å². The molecule has 1 aliphatic heterocycles. The van der Waals surface area contributed by atoms with Crippen LogP contribution in [0.4, 0.5) is 0 Å². The third-order valence-electron chi connectivity index (χ3n) is 2.52. The van der Waals surface area contributed by atoms with E-state index in [1.807, 2.05) is 0 Å². The lowest BCUT2D eigenvalue weighted by Gasteiger charge is -2.30. The maximum atomic E-state index is 11.0. The van der Waals surface area contributed by atoms with Crippen LogP contribution in [0.5, 0.6) is 0 Å². The van der Waals surface area contributed by atoms with E-state index in [-0.39, 0.29) is 24.5 Å². The normalized spacial score (nSPS) is 26.4. The van der Waals surface area contributed by atoms with Crippen LogP contribution in [0.3, 0.4) is 0 Å². The first-order valence-electron chi connectivity index (χ1n) is 4.58. The van der Waals surface area contributed by atoms with Crippen LogP contribution in [0.25, 0.3) is 0 Å². The Morgan fingerprint density at radius 3 is 2.79 bits per heavy atom. The number of esters is 1. The fourth-order valence-corrected chi connectivity index (χ4v) is 1.69. The smallest absolute Gasteiger partial charge is 0.305 e. The van der Waals surface area contributed by atoms with Gasteiger partial charge in [-0.3, -0.25) is 4.79 Å². The molecule has 1 aliphatic rings. The predicted octanol–water partition coefficient (Wildman–Crippen LogP) is 0.596. The highest BCUT2D eigenvalue weighted by Crippen LogP contribution is 2.19. The molecule has 0 aromatic carbocycles. The minimum atomic E-state index is -0.144. The Kier molecular flexibility index (Phi) is 6.87. The van der Waals surface area contributed by atoms with Crippen molar-refractivity contribution in [3.63, 3.8) is 0 Å². The summed E-state index contributed by atoms with van der Waals surface area (Å²) in [6.07, 6.45) is 1.59. The molecule has 0 saturated carbocycles. The third-order valence-corrected chi connectivity index (χ3v) is 2.52. The van der Waals surface area contributed by atoms with Gasteiger partial charge >= 0.3 is 5.97 Å². The summed E-state index contributed by atoms with van der Waals surface area (Å²) in [7, 11) is 3.10. The van der Waals surface area contributed by atoms with Gasteiger partial charge in [-0.05, 0) is 18.9 Å².